The van der Waals surface area contributed by atoms with Crippen molar-refractivity contribution in [2.24, 2.45) is 15.8 Å². The molecule has 1 aromatic rings. The maximum absolute atomic E-state index is 13.6. The fourth-order valence-corrected chi connectivity index (χ4v) is 5.59. The second kappa shape index (κ2) is 8.93. The Hall–Kier alpha value is -1.67. The lowest BCUT2D eigenvalue weighted by Gasteiger charge is -2.41. The summed E-state index contributed by atoms with van der Waals surface area (Å²) in [5, 5.41) is 12.6. The quantitative estimate of drug-likeness (QED) is 0.697. The Labute approximate surface area is 196 Å². The number of carbonyl (C=O) groups excluding carboxylic acids is 2. The van der Waals surface area contributed by atoms with E-state index in [2.05, 4.69) is 62.0 Å². The number of nitrogens with zero attached hydrogens (tertiary/aromatic N) is 3. The van der Waals surface area contributed by atoms with Gasteiger partial charge in [-0.25, -0.2) is 9.79 Å². The van der Waals surface area contributed by atoms with Gasteiger partial charge in [0.2, 0.25) is 0 Å². The van der Waals surface area contributed by atoms with Crippen molar-refractivity contribution in [1.29, 1.82) is 0 Å². The molecule has 2 atom stereocenters. The topological polar surface area (TPSA) is 86.9 Å². The van der Waals surface area contributed by atoms with Crippen LogP contribution in [-0.2, 0) is 16.8 Å². The van der Waals surface area contributed by atoms with Crippen LogP contribution in [0.2, 0.25) is 0 Å². The van der Waals surface area contributed by atoms with Crippen molar-refractivity contribution in [1.82, 2.24) is 14.2 Å². The SMILES string of the molecule is CCCCc1cn(C(C)(C)C)s/c1=N\C(=O)[C@]1(C)CC[C@H](NC(=O)N2CC(O)C2)C1(C)C. The number of hydrogen-bond donors (Lipinski definition) is 2. The van der Waals surface area contributed by atoms with Crippen molar-refractivity contribution < 1.29 is 14.7 Å². The first kappa shape index (κ1) is 25.0. The lowest BCUT2D eigenvalue weighted by molar-refractivity contribution is -0.132. The van der Waals surface area contributed by atoms with E-state index in [0.29, 0.717) is 19.5 Å². The molecule has 2 fully saturated rings. The normalized spacial score (nSPS) is 26.3. The Balaban J connectivity index is 1.84. The number of likely N-dealkylation sites (tertiary alicyclic amines) is 1. The van der Waals surface area contributed by atoms with Gasteiger partial charge in [-0.15, -0.1) is 0 Å². The van der Waals surface area contributed by atoms with Gasteiger partial charge in [-0.3, -0.25) is 8.75 Å². The molecule has 32 heavy (non-hydrogen) atoms. The van der Waals surface area contributed by atoms with Crippen molar-refractivity contribution in [2.75, 3.05) is 13.1 Å². The molecule has 1 aliphatic heterocycles. The molecule has 2 N–H and O–H groups in total. The number of β-amino-alcohol motifs (C(OH)–C–C–N with tert-alkyl or cyclic N) is 1. The van der Waals surface area contributed by atoms with Crippen LogP contribution in [0.1, 0.15) is 79.7 Å². The molecule has 8 heteroatoms. The molecule has 0 spiro atoms. The maximum Gasteiger partial charge on any atom is 0.317 e. The highest BCUT2D eigenvalue weighted by atomic mass is 32.1. The van der Waals surface area contributed by atoms with Crippen LogP contribution >= 0.6 is 11.5 Å². The van der Waals surface area contributed by atoms with Crippen LogP contribution in [0.15, 0.2) is 11.2 Å². The Morgan fingerprint density at radius 3 is 2.50 bits per heavy atom. The number of rotatable bonds is 5. The average molecular weight is 465 g/mol. The zero-order chi connectivity index (χ0) is 23.9. The van der Waals surface area contributed by atoms with E-state index < -0.39 is 16.9 Å². The molecule has 0 bridgehead atoms. The number of aliphatic hydroxyl groups is 1. The molecule has 2 heterocycles. The molecule has 1 aliphatic carbocycles. The van der Waals surface area contributed by atoms with Crippen molar-refractivity contribution in [3.63, 3.8) is 0 Å². The number of urea groups is 1. The van der Waals surface area contributed by atoms with E-state index in [0.717, 1.165) is 35.9 Å². The number of amides is 3. The smallest absolute Gasteiger partial charge is 0.317 e. The number of unbranched alkanes of at least 4 members (excludes halogenated alkanes) is 1. The van der Waals surface area contributed by atoms with Crippen LogP contribution in [0.25, 0.3) is 0 Å². The van der Waals surface area contributed by atoms with Gasteiger partial charge in [0, 0.05) is 23.3 Å². The van der Waals surface area contributed by atoms with Gasteiger partial charge in [-0.2, -0.15) is 0 Å². The van der Waals surface area contributed by atoms with E-state index >= 15 is 0 Å². The molecule has 1 aromatic heterocycles. The highest BCUT2D eigenvalue weighted by Crippen LogP contribution is 2.53. The third kappa shape index (κ3) is 4.67. The molecule has 0 radical (unpaired) electrons. The standard InChI is InChI=1S/C24H40N4O3S/c1-8-9-10-16-13-28(22(2,3)4)32-19(16)26-20(30)24(7)12-11-18(23(24,5)6)25-21(31)27-14-17(29)15-27/h13,17-18,29H,8-12,14-15H2,1-7H3,(H,25,31)/b26-19-/t18-,24-/m0/s1. The number of aryl methyl sites for hydroxylation is 1. The first-order valence-electron chi connectivity index (χ1n) is 11.8. The zero-order valence-electron chi connectivity index (χ0n) is 20.7. The molecule has 180 valence electrons. The molecule has 3 amide bonds. The maximum atomic E-state index is 13.6. The third-order valence-electron chi connectivity index (χ3n) is 7.54. The van der Waals surface area contributed by atoms with Crippen LogP contribution in [0.5, 0.6) is 0 Å². The van der Waals surface area contributed by atoms with Crippen LogP contribution in [-0.4, -0.2) is 51.1 Å². The minimum atomic E-state index is -0.655. The lowest BCUT2D eigenvalue weighted by atomic mass is 9.67. The summed E-state index contributed by atoms with van der Waals surface area (Å²) in [6.45, 7) is 15.5. The number of aliphatic hydroxyl groups excluding tert-OH is 1. The van der Waals surface area contributed by atoms with E-state index in [-0.39, 0.29) is 23.5 Å². The molecule has 3 rings (SSSR count). The van der Waals surface area contributed by atoms with Crippen molar-refractivity contribution >= 4 is 23.5 Å². The van der Waals surface area contributed by atoms with E-state index in [1.807, 2.05) is 6.92 Å². The highest BCUT2D eigenvalue weighted by Gasteiger charge is 2.56. The number of carbonyl (C=O) groups is 2. The first-order valence-corrected chi connectivity index (χ1v) is 12.6. The van der Waals surface area contributed by atoms with Crippen molar-refractivity contribution in [3.8, 4) is 0 Å². The van der Waals surface area contributed by atoms with Crippen molar-refractivity contribution in [2.45, 2.75) is 98.3 Å². The second-order valence-electron chi connectivity index (χ2n) is 11.2. The van der Waals surface area contributed by atoms with Gasteiger partial charge in [0.25, 0.3) is 5.91 Å². The van der Waals surface area contributed by atoms with Gasteiger partial charge >= 0.3 is 6.03 Å². The minimum absolute atomic E-state index is 0.0568. The molecule has 1 saturated carbocycles. The number of aromatic nitrogens is 1. The van der Waals surface area contributed by atoms with Gasteiger partial charge in [0.1, 0.15) is 4.67 Å². The Bertz CT molecular complexity index is 920. The molecule has 2 aliphatic rings. The summed E-state index contributed by atoms with van der Waals surface area (Å²) < 4.78 is 3.01. The Morgan fingerprint density at radius 2 is 1.94 bits per heavy atom. The summed E-state index contributed by atoms with van der Waals surface area (Å²) in [4.78, 5) is 32.4. The molecular formula is C24H40N4O3S. The van der Waals surface area contributed by atoms with Crippen LogP contribution in [0.3, 0.4) is 0 Å². The van der Waals surface area contributed by atoms with Crippen LogP contribution < -0.4 is 9.99 Å². The van der Waals surface area contributed by atoms with E-state index in [1.165, 1.54) is 0 Å². The van der Waals surface area contributed by atoms with Crippen LogP contribution in [0, 0.1) is 10.8 Å². The van der Waals surface area contributed by atoms with Gasteiger partial charge < -0.3 is 15.3 Å². The molecule has 0 unspecified atom stereocenters. The summed E-state index contributed by atoms with van der Waals surface area (Å²) >= 11 is 1.56. The Morgan fingerprint density at radius 1 is 1.28 bits per heavy atom. The minimum Gasteiger partial charge on any atom is -0.389 e. The van der Waals surface area contributed by atoms with E-state index in [9.17, 15) is 14.7 Å². The second-order valence-corrected chi connectivity index (χ2v) is 12.2. The molecule has 1 saturated heterocycles. The zero-order valence-corrected chi connectivity index (χ0v) is 21.5. The molecular weight excluding hydrogens is 424 g/mol. The summed E-state index contributed by atoms with van der Waals surface area (Å²) in [6, 6.07) is -0.271. The van der Waals surface area contributed by atoms with Gasteiger partial charge in [0.05, 0.1) is 24.6 Å². The van der Waals surface area contributed by atoms with E-state index in [1.54, 1.807) is 16.4 Å². The van der Waals surface area contributed by atoms with E-state index in [4.69, 9.17) is 0 Å². The predicted molar refractivity (Wildman–Crippen MR) is 128 cm³/mol. The monoisotopic (exact) mass is 464 g/mol. The summed E-state index contributed by atoms with van der Waals surface area (Å²) in [5.41, 5.74) is -0.00891. The summed E-state index contributed by atoms with van der Waals surface area (Å²) in [7, 11) is 0. The lowest BCUT2D eigenvalue weighted by Crippen LogP contribution is -2.60. The summed E-state index contributed by atoms with van der Waals surface area (Å²) in [6.07, 6.45) is 6.24. The van der Waals surface area contributed by atoms with Gasteiger partial charge in [-0.1, -0.05) is 34.1 Å². The fraction of sp³-hybridized carbons (Fsp3) is 0.792. The average Bonchev–Trinajstić information content (AvgIpc) is 3.18. The van der Waals surface area contributed by atoms with Gasteiger partial charge in [-0.05, 0) is 63.4 Å². The highest BCUT2D eigenvalue weighted by molar-refractivity contribution is 7.04. The number of nitrogens with one attached hydrogen (secondary N) is 1. The third-order valence-corrected chi connectivity index (χ3v) is 8.92. The van der Waals surface area contributed by atoms with Crippen molar-refractivity contribution in [3.05, 3.63) is 16.4 Å². The fourth-order valence-electron chi connectivity index (χ4n) is 4.55. The number of hydrogen-bond acceptors (Lipinski definition) is 4. The Kier molecular flexibility index (Phi) is 6.97. The molecule has 0 aromatic carbocycles. The molecule has 7 nitrogen and oxygen atoms in total. The predicted octanol–water partition coefficient (Wildman–Crippen LogP) is 3.66. The van der Waals surface area contributed by atoms with Crippen LogP contribution in [0.4, 0.5) is 4.79 Å². The van der Waals surface area contributed by atoms with Gasteiger partial charge in [0.15, 0.2) is 0 Å². The summed E-state index contributed by atoms with van der Waals surface area (Å²) in [5.74, 6) is -0.0979. The largest absolute Gasteiger partial charge is 0.389 e. The first-order chi connectivity index (χ1) is 14.8.